The van der Waals surface area contributed by atoms with E-state index in [2.05, 4.69) is 33.1 Å². The fraction of sp³-hybridized carbons (Fsp3) is 0.0714. The molecule has 0 atom stereocenters. The van der Waals surface area contributed by atoms with Crippen LogP contribution in [0.5, 0.6) is 0 Å². The van der Waals surface area contributed by atoms with Crippen molar-refractivity contribution in [2.24, 2.45) is 4.99 Å². The van der Waals surface area contributed by atoms with Gasteiger partial charge in [0.05, 0.1) is 0 Å². The molecule has 0 heterocycles. The zero-order chi connectivity index (χ0) is 12.1. The number of hydrogen-bond acceptors (Lipinski definition) is 1. The van der Waals surface area contributed by atoms with Crippen molar-refractivity contribution >= 4 is 32.1 Å². The summed E-state index contributed by atoms with van der Waals surface area (Å²) in [7, 11) is 1.99. The van der Waals surface area contributed by atoms with Gasteiger partial charge in [-0.25, -0.2) is 0 Å². The van der Waals surface area contributed by atoms with Crippen LogP contribution in [0.2, 0.25) is 0 Å². The molecular weight excluding hydrogens is 275 g/mol. The van der Waals surface area contributed by atoms with Crippen LogP contribution in [0.3, 0.4) is 0 Å². The summed E-state index contributed by atoms with van der Waals surface area (Å²) in [5, 5.41) is 0. The van der Waals surface area contributed by atoms with E-state index in [0.717, 1.165) is 16.1 Å². The Kier molecular flexibility index (Phi) is 3.97. The van der Waals surface area contributed by atoms with Gasteiger partial charge in [0.2, 0.25) is 0 Å². The Labute approximate surface area is 110 Å². The molecule has 0 bridgehead atoms. The Balaban J connectivity index is 2.21. The Morgan fingerprint density at radius 1 is 0.941 bits per heavy atom. The molecule has 1 radical (unpaired) electrons. The third-order valence-corrected chi connectivity index (χ3v) is 3.18. The number of nitrogens with zero attached hydrogens (tertiary/aromatic N) is 2. The number of rotatable bonds is 2. The van der Waals surface area contributed by atoms with E-state index < -0.39 is 0 Å². The second-order valence-corrected chi connectivity index (χ2v) is 4.39. The average molecular weight is 288 g/mol. The summed E-state index contributed by atoms with van der Waals surface area (Å²) < 4.78 is 0.849. The molecule has 85 valence electrons. The van der Waals surface area contributed by atoms with Crippen molar-refractivity contribution < 1.29 is 0 Å². The molecule has 0 spiro atoms. The molecule has 3 heteroatoms. The van der Waals surface area contributed by atoms with Crippen LogP contribution in [0, 0.1) is 0 Å². The predicted molar refractivity (Wildman–Crippen MR) is 74.1 cm³/mol. The van der Waals surface area contributed by atoms with Crippen molar-refractivity contribution in [3.8, 4) is 0 Å². The zero-order valence-corrected chi connectivity index (χ0v) is 11.3. The SMILES string of the molecule is CN(C([Se])=Nc1ccccc1)c1ccccc1. The van der Waals surface area contributed by atoms with Gasteiger partial charge in [0.15, 0.2) is 0 Å². The summed E-state index contributed by atoms with van der Waals surface area (Å²) in [4.78, 5) is 6.54. The molecular formula is C14H13N2Se. The molecule has 0 aliphatic heterocycles. The van der Waals surface area contributed by atoms with Gasteiger partial charge < -0.3 is 0 Å². The minimum absolute atomic E-state index is 0.849. The number of aliphatic imine (C=N–C) groups is 1. The standard InChI is InChI=1S/C14H13N2Se/c1-16(13-10-6-3-7-11-13)14(17)15-12-8-4-2-5-9-12/h2-11H,1H3. The van der Waals surface area contributed by atoms with Crippen LogP contribution in [0.25, 0.3) is 0 Å². The van der Waals surface area contributed by atoms with Crippen molar-refractivity contribution in [2.45, 2.75) is 0 Å². The van der Waals surface area contributed by atoms with E-state index >= 15 is 0 Å². The van der Waals surface area contributed by atoms with Gasteiger partial charge in [0, 0.05) is 0 Å². The van der Waals surface area contributed by atoms with Crippen molar-refractivity contribution in [3.05, 3.63) is 60.7 Å². The Bertz CT molecular complexity index is 494. The first-order valence-corrected chi connectivity index (χ1v) is 6.22. The normalized spacial score (nSPS) is 11.2. The number of amidine groups is 1. The van der Waals surface area contributed by atoms with Crippen molar-refractivity contribution in [1.82, 2.24) is 0 Å². The van der Waals surface area contributed by atoms with Crippen molar-refractivity contribution in [3.63, 3.8) is 0 Å². The van der Waals surface area contributed by atoms with Crippen molar-refractivity contribution in [2.75, 3.05) is 11.9 Å². The topological polar surface area (TPSA) is 15.6 Å². The van der Waals surface area contributed by atoms with E-state index in [1.807, 2.05) is 60.5 Å². The van der Waals surface area contributed by atoms with Gasteiger partial charge in [-0.3, -0.25) is 0 Å². The van der Waals surface area contributed by atoms with Crippen LogP contribution < -0.4 is 4.90 Å². The van der Waals surface area contributed by atoms with Gasteiger partial charge in [0.25, 0.3) is 0 Å². The number of anilines is 1. The minimum atomic E-state index is 0.849. The molecule has 0 N–H and O–H groups in total. The molecule has 2 aromatic rings. The summed E-state index contributed by atoms with van der Waals surface area (Å²) in [6, 6.07) is 20.1. The average Bonchev–Trinajstić information content (AvgIpc) is 2.40. The van der Waals surface area contributed by atoms with Gasteiger partial charge in [0.1, 0.15) is 0 Å². The molecule has 17 heavy (non-hydrogen) atoms. The quantitative estimate of drug-likeness (QED) is 0.471. The molecule has 0 fully saturated rings. The molecule has 0 aliphatic rings. The summed E-state index contributed by atoms with van der Waals surface area (Å²) >= 11 is 3.00. The maximum atomic E-state index is 4.52. The van der Waals surface area contributed by atoms with E-state index in [9.17, 15) is 0 Å². The van der Waals surface area contributed by atoms with Gasteiger partial charge >= 0.3 is 110 Å². The molecule has 0 saturated heterocycles. The fourth-order valence-corrected chi connectivity index (χ4v) is 1.89. The fourth-order valence-electron chi connectivity index (χ4n) is 1.45. The Morgan fingerprint density at radius 3 is 2.06 bits per heavy atom. The molecule has 2 nitrogen and oxygen atoms in total. The van der Waals surface area contributed by atoms with Gasteiger partial charge in [-0.15, -0.1) is 0 Å². The van der Waals surface area contributed by atoms with Gasteiger partial charge in [-0.05, 0) is 0 Å². The second-order valence-electron chi connectivity index (χ2n) is 3.62. The van der Waals surface area contributed by atoms with Crippen LogP contribution in [-0.2, 0) is 0 Å². The molecule has 2 aromatic carbocycles. The number of benzene rings is 2. The summed E-state index contributed by atoms with van der Waals surface area (Å²) in [6.45, 7) is 0. The summed E-state index contributed by atoms with van der Waals surface area (Å²) in [5.41, 5.74) is 2.06. The first-order chi connectivity index (χ1) is 8.27. The number of hydrogen-bond donors (Lipinski definition) is 0. The predicted octanol–water partition coefficient (Wildman–Crippen LogP) is 2.98. The Hall–Kier alpha value is -1.57. The third-order valence-electron chi connectivity index (χ3n) is 2.41. The monoisotopic (exact) mass is 289 g/mol. The van der Waals surface area contributed by atoms with E-state index in [1.165, 1.54) is 0 Å². The number of para-hydroxylation sites is 2. The Morgan fingerprint density at radius 2 is 1.47 bits per heavy atom. The second kappa shape index (κ2) is 5.67. The van der Waals surface area contributed by atoms with E-state index in [-0.39, 0.29) is 0 Å². The zero-order valence-electron chi connectivity index (χ0n) is 9.58. The summed E-state index contributed by atoms with van der Waals surface area (Å²) in [6.07, 6.45) is 0. The van der Waals surface area contributed by atoms with Crippen LogP contribution in [-0.4, -0.2) is 27.8 Å². The maximum absolute atomic E-state index is 4.52. The van der Waals surface area contributed by atoms with E-state index in [4.69, 9.17) is 0 Å². The first-order valence-electron chi connectivity index (χ1n) is 5.37. The van der Waals surface area contributed by atoms with Crippen LogP contribution in [0.1, 0.15) is 0 Å². The van der Waals surface area contributed by atoms with Crippen LogP contribution >= 0.6 is 0 Å². The van der Waals surface area contributed by atoms with Crippen LogP contribution in [0.15, 0.2) is 65.7 Å². The van der Waals surface area contributed by atoms with Gasteiger partial charge in [-0.1, -0.05) is 0 Å². The van der Waals surface area contributed by atoms with Gasteiger partial charge in [-0.2, -0.15) is 0 Å². The molecule has 2 rings (SSSR count). The van der Waals surface area contributed by atoms with Crippen LogP contribution in [0.4, 0.5) is 11.4 Å². The molecule has 0 amide bonds. The molecule has 0 aliphatic carbocycles. The van der Waals surface area contributed by atoms with E-state index in [0.29, 0.717) is 0 Å². The third kappa shape index (κ3) is 3.19. The molecule has 0 aromatic heterocycles. The molecule has 0 unspecified atom stereocenters. The molecule has 0 saturated carbocycles. The van der Waals surface area contributed by atoms with Crippen molar-refractivity contribution in [1.29, 1.82) is 0 Å². The van der Waals surface area contributed by atoms with E-state index in [1.54, 1.807) is 0 Å². The summed E-state index contributed by atoms with van der Waals surface area (Å²) in [5.74, 6) is 0. The first kappa shape index (κ1) is 11.9.